The molecule has 1 fully saturated rings. The second kappa shape index (κ2) is 6.64. The summed E-state index contributed by atoms with van der Waals surface area (Å²) in [6.45, 7) is 1.42. The molecular weight excluding hydrogens is 262 g/mol. The second-order valence-electron chi connectivity index (χ2n) is 5.40. The summed E-state index contributed by atoms with van der Waals surface area (Å²) in [6, 6.07) is 16.9. The number of rotatable bonds is 7. The Balaban J connectivity index is 1.70. The highest BCUT2D eigenvalue weighted by Gasteiger charge is 2.20. The summed E-state index contributed by atoms with van der Waals surface area (Å²) in [5.74, 6) is 1.72. The number of ether oxygens (including phenoxy) is 2. The molecule has 0 bridgehead atoms. The zero-order valence-electron chi connectivity index (χ0n) is 12.3. The zero-order chi connectivity index (χ0) is 14.5. The predicted octanol–water partition coefficient (Wildman–Crippen LogP) is 3.53. The van der Waals surface area contributed by atoms with Gasteiger partial charge >= 0.3 is 0 Å². The molecule has 0 amide bonds. The Kier molecular flexibility index (Phi) is 4.41. The molecule has 0 heterocycles. The van der Waals surface area contributed by atoms with Gasteiger partial charge in [0.2, 0.25) is 0 Å². The third-order valence-corrected chi connectivity index (χ3v) is 3.67. The molecule has 0 atom stereocenters. The maximum absolute atomic E-state index is 6.00. The Morgan fingerprint density at radius 2 is 1.90 bits per heavy atom. The first-order valence-corrected chi connectivity index (χ1v) is 7.42. The lowest BCUT2D eigenvalue weighted by molar-refractivity contribution is 0.299. The van der Waals surface area contributed by atoms with Crippen LogP contribution in [0.3, 0.4) is 0 Å². The Hall–Kier alpha value is -2.00. The average Bonchev–Trinajstić information content (AvgIpc) is 3.36. The molecule has 1 saturated carbocycles. The van der Waals surface area contributed by atoms with Crippen LogP contribution in [-0.2, 0) is 13.2 Å². The van der Waals surface area contributed by atoms with Crippen molar-refractivity contribution < 1.29 is 9.47 Å². The van der Waals surface area contributed by atoms with E-state index in [1.165, 1.54) is 24.0 Å². The van der Waals surface area contributed by atoms with Crippen molar-refractivity contribution in [2.24, 2.45) is 0 Å². The minimum absolute atomic E-state index is 0.574. The van der Waals surface area contributed by atoms with Crippen LogP contribution in [0.5, 0.6) is 11.5 Å². The van der Waals surface area contributed by atoms with Gasteiger partial charge < -0.3 is 14.8 Å². The van der Waals surface area contributed by atoms with Crippen LogP contribution in [0.4, 0.5) is 0 Å². The van der Waals surface area contributed by atoms with E-state index in [-0.39, 0.29) is 0 Å². The van der Waals surface area contributed by atoms with E-state index < -0.39 is 0 Å². The van der Waals surface area contributed by atoms with Gasteiger partial charge in [0.15, 0.2) is 0 Å². The van der Waals surface area contributed by atoms with Gasteiger partial charge in [0.25, 0.3) is 0 Å². The molecule has 0 spiro atoms. The molecule has 0 aliphatic heterocycles. The van der Waals surface area contributed by atoms with Crippen molar-refractivity contribution in [1.29, 1.82) is 0 Å². The van der Waals surface area contributed by atoms with E-state index in [4.69, 9.17) is 9.47 Å². The van der Waals surface area contributed by atoms with E-state index in [9.17, 15) is 0 Å². The van der Waals surface area contributed by atoms with Crippen molar-refractivity contribution in [3.63, 3.8) is 0 Å². The summed E-state index contributed by atoms with van der Waals surface area (Å²) in [6.07, 6.45) is 2.58. The maximum atomic E-state index is 6.00. The lowest BCUT2D eigenvalue weighted by atomic mass is 10.2. The molecule has 3 rings (SSSR count). The quantitative estimate of drug-likeness (QED) is 0.843. The van der Waals surface area contributed by atoms with Crippen molar-refractivity contribution in [3.05, 3.63) is 59.7 Å². The fourth-order valence-electron chi connectivity index (χ4n) is 2.22. The van der Waals surface area contributed by atoms with Crippen molar-refractivity contribution in [1.82, 2.24) is 5.32 Å². The molecule has 0 aromatic heterocycles. The van der Waals surface area contributed by atoms with E-state index in [0.717, 1.165) is 18.0 Å². The zero-order valence-corrected chi connectivity index (χ0v) is 12.3. The molecule has 3 nitrogen and oxygen atoms in total. The molecule has 0 radical (unpaired) electrons. The normalized spacial score (nSPS) is 14.0. The summed E-state index contributed by atoms with van der Waals surface area (Å²) in [5, 5.41) is 3.53. The highest BCUT2D eigenvalue weighted by Crippen LogP contribution is 2.27. The molecule has 0 unspecified atom stereocenters. The van der Waals surface area contributed by atoms with E-state index in [1.54, 1.807) is 7.11 Å². The Bertz CT molecular complexity index is 579. The number of nitrogens with one attached hydrogen (secondary N) is 1. The topological polar surface area (TPSA) is 30.5 Å². The number of hydrogen-bond acceptors (Lipinski definition) is 3. The first-order chi connectivity index (χ1) is 10.3. The van der Waals surface area contributed by atoms with Crippen LogP contribution in [0.1, 0.15) is 24.0 Å². The molecular formula is C18H21NO2. The number of methoxy groups -OCH3 is 1. The van der Waals surface area contributed by atoms with Gasteiger partial charge in [-0.1, -0.05) is 36.4 Å². The fourth-order valence-corrected chi connectivity index (χ4v) is 2.22. The summed E-state index contributed by atoms with van der Waals surface area (Å²) in [7, 11) is 1.68. The monoisotopic (exact) mass is 283 g/mol. The van der Waals surface area contributed by atoms with Gasteiger partial charge in [-0.05, 0) is 24.5 Å². The number of benzene rings is 2. The average molecular weight is 283 g/mol. The molecule has 1 N–H and O–H groups in total. The minimum atomic E-state index is 0.574. The van der Waals surface area contributed by atoms with Crippen LogP contribution in [0.15, 0.2) is 48.5 Å². The van der Waals surface area contributed by atoms with Crippen LogP contribution in [0, 0.1) is 0 Å². The predicted molar refractivity (Wildman–Crippen MR) is 83.6 cm³/mol. The van der Waals surface area contributed by atoms with Gasteiger partial charge in [-0.15, -0.1) is 0 Å². The van der Waals surface area contributed by atoms with Gasteiger partial charge in [0, 0.05) is 24.2 Å². The van der Waals surface area contributed by atoms with E-state index >= 15 is 0 Å². The largest absolute Gasteiger partial charge is 0.497 e. The van der Waals surface area contributed by atoms with Crippen LogP contribution in [0.25, 0.3) is 0 Å². The van der Waals surface area contributed by atoms with Crippen LogP contribution in [0.2, 0.25) is 0 Å². The summed E-state index contributed by atoms with van der Waals surface area (Å²) >= 11 is 0. The van der Waals surface area contributed by atoms with Crippen LogP contribution >= 0.6 is 0 Å². The summed E-state index contributed by atoms with van der Waals surface area (Å²) in [4.78, 5) is 0. The van der Waals surface area contributed by atoms with Gasteiger partial charge in [-0.2, -0.15) is 0 Å². The molecule has 1 aliphatic carbocycles. The van der Waals surface area contributed by atoms with Crippen molar-refractivity contribution in [2.75, 3.05) is 7.11 Å². The van der Waals surface area contributed by atoms with Crippen molar-refractivity contribution >= 4 is 0 Å². The van der Waals surface area contributed by atoms with Crippen LogP contribution in [-0.4, -0.2) is 13.2 Å². The van der Waals surface area contributed by atoms with Crippen molar-refractivity contribution in [3.8, 4) is 11.5 Å². The minimum Gasteiger partial charge on any atom is -0.497 e. The summed E-state index contributed by atoms with van der Waals surface area (Å²) < 4.78 is 11.3. The van der Waals surface area contributed by atoms with Gasteiger partial charge in [0.1, 0.15) is 18.1 Å². The molecule has 21 heavy (non-hydrogen) atoms. The third-order valence-electron chi connectivity index (χ3n) is 3.67. The second-order valence-corrected chi connectivity index (χ2v) is 5.40. The van der Waals surface area contributed by atoms with Crippen LogP contribution < -0.4 is 14.8 Å². The first-order valence-electron chi connectivity index (χ1n) is 7.42. The van der Waals surface area contributed by atoms with Gasteiger partial charge in [-0.25, -0.2) is 0 Å². The Labute approximate surface area is 125 Å². The number of hydrogen-bond donors (Lipinski definition) is 1. The van der Waals surface area contributed by atoms with E-state index in [1.807, 2.05) is 30.3 Å². The smallest absolute Gasteiger partial charge is 0.127 e. The fraction of sp³-hybridized carbons (Fsp3) is 0.333. The Morgan fingerprint density at radius 3 is 2.62 bits per heavy atom. The van der Waals surface area contributed by atoms with E-state index in [2.05, 4.69) is 23.5 Å². The molecule has 2 aromatic carbocycles. The third kappa shape index (κ3) is 3.99. The molecule has 110 valence electrons. The standard InChI is InChI=1S/C18H21NO2/c1-20-17-10-7-15(12-19-16-8-9-16)18(11-17)21-13-14-5-3-2-4-6-14/h2-7,10-11,16,19H,8-9,12-13H2,1H3. The molecule has 1 aliphatic rings. The molecule has 2 aromatic rings. The molecule has 3 heteroatoms. The Morgan fingerprint density at radius 1 is 1.10 bits per heavy atom. The SMILES string of the molecule is COc1ccc(CNC2CC2)c(OCc2ccccc2)c1. The first kappa shape index (κ1) is 14.0. The lowest BCUT2D eigenvalue weighted by Gasteiger charge is -2.13. The van der Waals surface area contributed by atoms with Crippen molar-refractivity contribution in [2.45, 2.75) is 32.0 Å². The highest BCUT2D eigenvalue weighted by molar-refractivity contribution is 5.41. The lowest BCUT2D eigenvalue weighted by Crippen LogP contribution is -2.16. The highest BCUT2D eigenvalue weighted by atomic mass is 16.5. The van der Waals surface area contributed by atoms with Gasteiger partial charge in [-0.3, -0.25) is 0 Å². The van der Waals surface area contributed by atoms with Gasteiger partial charge in [0.05, 0.1) is 7.11 Å². The maximum Gasteiger partial charge on any atom is 0.127 e. The van der Waals surface area contributed by atoms with E-state index in [0.29, 0.717) is 12.6 Å². The molecule has 0 saturated heterocycles. The summed E-state index contributed by atoms with van der Waals surface area (Å²) in [5.41, 5.74) is 2.35.